The van der Waals surface area contributed by atoms with Gasteiger partial charge in [0.2, 0.25) is 0 Å². The van der Waals surface area contributed by atoms with Gasteiger partial charge in [0.25, 0.3) is 0 Å². The van der Waals surface area contributed by atoms with Gasteiger partial charge < -0.3 is 10.2 Å². The van der Waals surface area contributed by atoms with E-state index in [1.165, 1.54) is 0 Å². The van der Waals surface area contributed by atoms with Gasteiger partial charge in [-0.15, -0.1) is 0 Å². The van der Waals surface area contributed by atoms with E-state index < -0.39 is 0 Å². The Kier molecular flexibility index (Phi) is 4.35. The molecule has 4 heteroatoms. The number of hydrogen-bond donors (Lipinski definition) is 1. The first-order chi connectivity index (χ1) is 6.59. The molecule has 1 aromatic heterocycles. The molecule has 0 radical (unpaired) electrons. The minimum Gasteiger partial charge on any atom is -0.365 e. The van der Waals surface area contributed by atoms with Crippen molar-refractivity contribution in [3.63, 3.8) is 0 Å². The van der Waals surface area contributed by atoms with Crippen molar-refractivity contribution in [3.8, 4) is 0 Å². The lowest BCUT2D eigenvalue weighted by molar-refractivity contribution is 0.392. The highest BCUT2D eigenvalue weighted by molar-refractivity contribution is 9.10. The molecule has 0 aromatic carbocycles. The van der Waals surface area contributed by atoms with Crippen LogP contribution in [0.4, 0.5) is 5.82 Å². The maximum absolute atomic E-state index is 4.25. The summed E-state index contributed by atoms with van der Waals surface area (Å²) in [5.41, 5.74) is 0. The Morgan fingerprint density at radius 1 is 1.57 bits per heavy atom. The molecule has 0 spiro atoms. The SMILES string of the molecule is CC(CN(C)C)Nc1ncccc1Br. The van der Waals surface area contributed by atoms with Gasteiger partial charge in [0.05, 0.1) is 4.47 Å². The summed E-state index contributed by atoms with van der Waals surface area (Å²) in [5, 5.41) is 3.34. The van der Waals surface area contributed by atoms with Crippen LogP contribution < -0.4 is 5.32 Å². The summed E-state index contributed by atoms with van der Waals surface area (Å²) < 4.78 is 1.01. The van der Waals surface area contributed by atoms with Gasteiger partial charge in [-0.1, -0.05) is 0 Å². The van der Waals surface area contributed by atoms with Crippen LogP contribution in [0.15, 0.2) is 22.8 Å². The van der Waals surface area contributed by atoms with Crippen molar-refractivity contribution < 1.29 is 0 Å². The topological polar surface area (TPSA) is 28.2 Å². The number of anilines is 1. The summed E-state index contributed by atoms with van der Waals surface area (Å²) in [4.78, 5) is 6.40. The van der Waals surface area contributed by atoms with Gasteiger partial charge in [0.15, 0.2) is 0 Å². The first kappa shape index (κ1) is 11.5. The molecule has 78 valence electrons. The van der Waals surface area contributed by atoms with Gasteiger partial charge in [0.1, 0.15) is 5.82 Å². The molecular formula is C10H16BrN3. The summed E-state index contributed by atoms with van der Waals surface area (Å²) in [5.74, 6) is 0.904. The zero-order valence-electron chi connectivity index (χ0n) is 8.79. The molecule has 0 bridgehead atoms. The third-order valence-corrected chi connectivity index (χ3v) is 2.42. The summed E-state index contributed by atoms with van der Waals surface area (Å²) >= 11 is 3.45. The van der Waals surface area contributed by atoms with E-state index in [4.69, 9.17) is 0 Å². The van der Waals surface area contributed by atoms with Gasteiger partial charge in [-0.2, -0.15) is 0 Å². The second kappa shape index (κ2) is 5.32. The van der Waals surface area contributed by atoms with Crippen molar-refractivity contribution in [2.75, 3.05) is 26.0 Å². The minimum absolute atomic E-state index is 0.385. The van der Waals surface area contributed by atoms with Crippen LogP contribution in [0.2, 0.25) is 0 Å². The van der Waals surface area contributed by atoms with Crippen LogP contribution in [0, 0.1) is 0 Å². The quantitative estimate of drug-likeness (QED) is 0.897. The number of nitrogens with one attached hydrogen (secondary N) is 1. The third kappa shape index (κ3) is 3.64. The monoisotopic (exact) mass is 257 g/mol. The Labute approximate surface area is 93.7 Å². The molecule has 1 N–H and O–H groups in total. The first-order valence-electron chi connectivity index (χ1n) is 4.61. The molecule has 0 saturated carbocycles. The molecule has 0 aliphatic carbocycles. The normalized spacial score (nSPS) is 12.9. The molecular weight excluding hydrogens is 242 g/mol. The fourth-order valence-electron chi connectivity index (χ4n) is 1.32. The van der Waals surface area contributed by atoms with E-state index in [2.05, 4.69) is 52.1 Å². The summed E-state index contributed by atoms with van der Waals surface area (Å²) in [6, 6.07) is 4.28. The maximum Gasteiger partial charge on any atom is 0.140 e. The summed E-state index contributed by atoms with van der Waals surface area (Å²) in [6.07, 6.45) is 1.79. The molecule has 0 amide bonds. The standard InChI is InChI=1S/C10H16BrN3/c1-8(7-14(2)3)13-10-9(11)5-4-6-12-10/h4-6,8H,7H2,1-3H3,(H,12,13). The van der Waals surface area contributed by atoms with Crippen LogP contribution in [0.25, 0.3) is 0 Å². The molecule has 0 aliphatic heterocycles. The molecule has 1 rings (SSSR count). The van der Waals surface area contributed by atoms with Gasteiger partial charge >= 0.3 is 0 Å². The van der Waals surface area contributed by atoms with Crippen molar-refractivity contribution in [2.45, 2.75) is 13.0 Å². The van der Waals surface area contributed by atoms with Crippen LogP contribution in [-0.2, 0) is 0 Å². The van der Waals surface area contributed by atoms with E-state index in [1.807, 2.05) is 12.1 Å². The highest BCUT2D eigenvalue weighted by Gasteiger charge is 2.05. The fourth-order valence-corrected chi connectivity index (χ4v) is 1.69. The van der Waals surface area contributed by atoms with E-state index in [-0.39, 0.29) is 0 Å². The Morgan fingerprint density at radius 2 is 2.29 bits per heavy atom. The Morgan fingerprint density at radius 3 is 2.86 bits per heavy atom. The van der Waals surface area contributed by atoms with Gasteiger partial charge in [-0.3, -0.25) is 0 Å². The van der Waals surface area contributed by atoms with Gasteiger partial charge in [0, 0.05) is 18.8 Å². The zero-order valence-corrected chi connectivity index (χ0v) is 10.4. The van der Waals surface area contributed by atoms with Crippen LogP contribution >= 0.6 is 15.9 Å². The lowest BCUT2D eigenvalue weighted by Gasteiger charge is -2.19. The Hall–Kier alpha value is -0.610. The van der Waals surface area contributed by atoms with E-state index in [0.29, 0.717) is 6.04 Å². The summed E-state index contributed by atoms with van der Waals surface area (Å²) in [6.45, 7) is 3.13. The van der Waals surface area contributed by atoms with E-state index in [9.17, 15) is 0 Å². The van der Waals surface area contributed by atoms with Crippen molar-refractivity contribution in [1.29, 1.82) is 0 Å². The molecule has 0 saturated heterocycles. The molecule has 0 aliphatic rings. The lowest BCUT2D eigenvalue weighted by atomic mass is 10.3. The molecule has 1 unspecified atom stereocenters. The molecule has 1 heterocycles. The average molecular weight is 258 g/mol. The van der Waals surface area contributed by atoms with Gasteiger partial charge in [-0.25, -0.2) is 4.98 Å². The second-order valence-corrected chi connectivity index (χ2v) is 4.50. The molecule has 3 nitrogen and oxygen atoms in total. The number of likely N-dealkylation sites (N-methyl/N-ethyl adjacent to an activating group) is 1. The van der Waals surface area contributed by atoms with Crippen molar-refractivity contribution >= 4 is 21.7 Å². The van der Waals surface area contributed by atoms with E-state index in [0.717, 1.165) is 16.8 Å². The predicted octanol–water partition coefficient (Wildman–Crippen LogP) is 2.21. The molecule has 14 heavy (non-hydrogen) atoms. The lowest BCUT2D eigenvalue weighted by Crippen LogP contribution is -2.30. The van der Waals surface area contributed by atoms with E-state index >= 15 is 0 Å². The van der Waals surface area contributed by atoms with Crippen molar-refractivity contribution in [2.24, 2.45) is 0 Å². The fraction of sp³-hybridized carbons (Fsp3) is 0.500. The Balaban J connectivity index is 2.56. The first-order valence-corrected chi connectivity index (χ1v) is 5.40. The zero-order chi connectivity index (χ0) is 10.6. The van der Waals surface area contributed by atoms with Crippen LogP contribution in [0.1, 0.15) is 6.92 Å². The average Bonchev–Trinajstić information content (AvgIpc) is 2.07. The minimum atomic E-state index is 0.385. The van der Waals surface area contributed by atoms with Gasteiger partial charge in [-0.05, 0) is 49.1 Å². The number of hydrogen-bond acceptors (Lipinski definition) is 3. The third-order valence-electron chi connectivity index (χ3n) is 1.78. The number of aromatic nitrogens is 1. The van der Waals surface area contributed by atoms with Crippen LogP contribution in [0.3, 0.4) is 0 Å². The Bertz CT molecular complexity index is 288. The smallest absolute Gasteiger partial charge is 0.140 e. The van der Waals surface area contributed by atoms with Crippen molar-refractivity contribution in [1.82, 2.24) is 9.88 Å². The van der Waals surface area contributed by atoms with Crippen LogP contribution in [0.5, 0.6) is 0 Å². The number of rotatable bonds is 4. The highest BCUT2D eigenvalue weighted by Crippen LogP contribution is 2.18. The van der Waals surface area contributed by atoms with E-state index in [1.54, 1.807) is 6.20 Å². The van der Waals surface area contributed by atoms with Crippen LogP contribution in [-0.4, -0.2) is 36.6 Å². The summed E-state index contributed by atoms with van der Waals surface area (Å²) in [7, 11) is 4.12. The highest BCUT2D eigenvalue weighted by atomic mass is 79.9. The molecule has 1 atom stereocenters. The number of pyridine rings is 1. The predicted molar refractivity (Wildman–Crippen MR) is 63.6 cm³/mol. The largest absolute Gasteiger partial charge is 0.365 e. The maximum atomic E-state index is 4.25. The second-order valence-electron chi connectivity index (χ2n) is 3.64. The number of nitrogens with zero attached hydrogens (tertiary/aromatic N) is 2. The van der Waals surface area contributed by atoms with Crippen molar-refractivity contribution in [3.05, 3.63) is 22.8 Å². The number of halogens is 1. The molecule has 0 fully saturated rings. The molecule has 1 aromatic rings.